The van der Waals surface area contributed by atoms with Crippen LogP contribution in [0, 0.1) is 0 Å². The number of thioether (sulfide) groups is 1. The number of imide groups is 1. The highest BCUT2D eigenvalue weighted by Crippen LogP contribution is 2.31. The van der Waals surface area contributed by atoms with Crippen LogP contribution in [0.25, 0.3) is 0 Å². The molecule has 132 valence electrons. The van der Waals surface area contributed by atoms with Crippen molar-refractivity contribution in [2.45, 2.75) is 36.2 Å². The van der Waals surface area contributed by atoms with Crippen molar-refractivity contribution in [2.24, 2.45) is 5.73 Å². The van der Waals surface area contributed by atoms with E-state index in [1.54, 1.807) is 17.6 Å². The second-order valence-electron chi connectivity index (χ2n) is 5.45. The Morgan fingerprint density at radius 1 is 1.54 bits per heavy atom. The van der Waals surface area contributed by atoms with E-state index in [1.165, 1.54) is 0 Å². The number of nitrogens with zero attached hydrogens (tertiary/aromatic N) is 3. The number of sulfone groups is 1. The molecule has 24 heavy (non-hydrogen) atoms. The molecule has 0 radical (unpaired) electrons. The Morgan fingerprint density at radius 2 is 2.25 bits per heavy atom. The van der Waals surface area contributed by atoms with Gasteiger partial charge in [0, 0.05) is 12.5 Å². The molecule has 1 fully saturated rings. The highest BCUT2D eigenvalue weighted by Gasteiger charge is 2.33. The lowest BCUT2D eigenvalue weighted by Crippen LogP contribution is -2.39. The summed E-state index contributed by atoms with van der Waals surface area (Å²) in [6, 6.07) is -0.920. The maximum absolute atomic E-state index is 11.8. The predicted molar refractivity (Wildman–Crippen MR) is 89.3 cm³/mol. The monoisotopic (exact) mass is 373 g/mol. The number of urea groups is 1. The summed E-state index contributed by atoms with van der Waals surface area (Å²) in [6.07, 6.45) is 2.15. The number of hydrogen-bond acceptors (Lipinski definition) is 7. The largest absolute Gasteiger partial charge is 0.351 e. The van der Waals surface area contributed by atoms with Crippen molar-refractivity contribution in [3.63, 3.8) is 0 Å². The van der Waals surface area contributed by atoms with Crippen molar-refractivity contribution in [3.05, 3.63) is 18.5 Å². The van der Waals surface area contributed by atoms with Crippen LogP contribution < -0.4 is 11.1 Å². The first-order chi connectivity index (χ1) is 11.2. The van der Waals surface area contributed by atoms with Gasteiger partial charge in [0.25, 0.3) is 0 Å². The second-order valence-corrected chi connectivity index (χ2v) is 8.99. The summed E-state index contributed by atoms with van der Waals surface area (Å²) in [5, 5.41) is 10.0. The number of rotatable bonds is 6. The van der Waals surface area contributed by atoms with Gasteiger partial charge in [0.15, 0.2) is 15.0 Å². The van der Waals surface area contributed by atoms with Gasteiger partial charge >= 0.3 is 6.03 Å². The van der Waals surface area contributed by atoms with Gasteiger partial charge in [0.1, 0.15) is 5.82 Å². The second kappa shape index (κ2) is 7.34. The van der Waals surface area contributed by atoms with Crippen molar-refractivity contribution in [3.8, 4) is 0 Å². The molecule has 1 aromatic heterocycles. The van der Waals surface area contributed by atoms with E-state index >= 15 is 0 Å². The summed E-state index contributed by atoms with van der Waals surface area (Å²) in [4.78, 5) is 22.5. The Kier molecular flexibility index (Phi) is 5.65. The number of nitrogens with two attached hydrogens (primary N) is 1. The SMILES string of the molecule is C=CCn1c(S[C@@H](C)C(=O)NC(N)=O)nnc1[C@@H]1CCS(=O)(=O)C1. The Hall–Kier alpha value is -1.88. The lowest BCUT2D eigenvalue weighted by Gasteiger charge is -2.13. The van der Waals surface area contributed by atoms with Crippen LogP contribution in [0.5, 0.6) is 0 Å². The molecule has 2 heterocycles. The molecule has 1 aliphatic rings. The van der Waals surface area contributed by atoms with Gasteiger partial charge in [0.2, 0.25) is 5.91 Å². The molecule has 3 amide bonds. The van der Waals surface area contributed by atoms with Gasteiger partial charge in [-0.05, 0) is 13.3 Å². The first-order valence-electron chi connectivity index (χ1n) is 7.25. The molecular weight excluding hydrogens is 354 g/mol. The van der Waals surface area contributed by atoms with Crippen LogP contribution in [0.15, 0.2) is 17.8 Å². The summed E-state index contributed by atoms with van der Waals surface area (Å²) in [6.45, 7) is 5.68. The van der Waals surface area contributed by atoms with Crippen LogP contribution in [0.1, 0.15) is 25.1 Å². The van der Waals surface area contributed by atoms with E-state index in [0.29, 0.717) is 23.9 Å². The van der Waals surface area contributed by atoms with Gasteiger partial charge in [0.05, 0.1) is 16.8 Å². The fraction of sp³-hybridized carbons (Fsp3) is 0.538. The molecule has 3 N–H and O–H groups in total. The van der Waals surface area contributed by atoms with Crippen LogP contribution >= 0.6 is 11.8 Å². The van der Waals surface area contributed by atoms with Gasteiger partial charge in [-0.1, -0.05) is 17.8 Å². The minimum Gasteiger partial charge on any atom is -0.351 e. The van der Waals surface area contributed by atoms with Crippen LogP contribution in [0.2, 0.25) is 0 Å². The van der Waals surface area contributed by atoms with Gasteiger partial charge in [-0.3, -0.25) is 10.1 Å². The van der Waals surface area contributed by atoms with E-state index in [2.05, 4.69) is 16.8 Å². The molecule has 0 aromatic carbocycles. The smallest absolute Gasteiger partial charge is 0.318 e. The molecule has 0 aliphatic carbocycles. The first-order valence-corrected chi connectivity index (χ1v) is 9.95. The van der Waals surface area contributed by atoms with E-state index in [1.807, 2.05) is 5.32 Å². The Labute approximate surface area is 144 Å². The third kappa shape index (κ3) is 4.35. The van der Waals surface area contributed by atoms with Gasteiger partial charge in [-0.25, -0.2) is 13.2 Å². The molecule has 2 rings (SSSR count). The topological polar surface area (TPSA) is 137 Å². The number of amides is 3. The molecular formula is C13H19N5O4S2. The fourth-order valence-corrected chi connectivity index (χ4v) is 5.03. The molecule has 1 saturated heterocycles. The lowest BCUT2D eigenvalue weighted by molar-refractivity contribution is -0.119. The number of allylic oxidation sites excluding steroid dienone is 1. The maximum Gasteiger partial charge on any atom is 0.318 e. The number of hydrogen-bond donors (Lipinski definition) is 2. The third-order valence-corrected chi connectivity index (χ3v) is 6.40. The van der Waals surface area contributed by atoms with Crippen molar-refractivity contribution in [1.29, 1.82) is 0 Å². The van der Waals surface area contributed by atoms with Crippen molar-refractivity contribution in [2.75, 3.05) is 11.5 Å². The van der Waals surface area contributed by atoms with Crippen LogP contribution in [-0.2, 0) is 21.2 Å². The van der Waals surface area contributed by atoms with E-state index in [0.717, 1.165) is 11.8 Å². The Morgan fingerprint density at radius 3 is 2.79 bits per heavy atom. The molecule has 0 saturated carbocycles. The third-order valence-electron chi connectivity index (χ3n) is 3.55. The van der Waals surface area contributed by atoms with E-state index < -0.39 is 27.0 Å². The van der Waals surface area contributed by atoms with Gasteiger partial charge < -0.3 is 10.3 Å². The number of carbonyl (C=O) groups is 2. The summed E-state index contributed by atoms with van der Waals surface area (Å²) in [5.74, 6) is 0.00146. The molecule has 2 atom stereocenters. The van der Waals surface area contributed by atoms with Gasteiger partial charge in [-0.2, -0.15) is 0 Å². The molecule has 11 heteroatoms. The van der Waals surface area contributed by atoms with Crippen LogP contribution in [-0.4, -0.2) is 51.9 Å². The average molecular weight is 373 g/mol. The number of primary amides is 1. The molecule has 0 unspecified atom stereocenters. The predicted octanol–water partition coefficient (Wildman–Crippen LogP) is 0.0417. The lowest BCUT2D eigenvalue weighted by atomic mass is 10.1. The highest BCUT2D eigenvalue weighted by atomic mass is 32.2. The average Bonchev–Trinajstić information content (AvgIpc) is 3.02. The van der Waals surface area contributed by atoms with E-state index in [9.17, 15) is 18.0 Å². The minimum atomic E-state index is -3.05. The number of aromatic nitrogens is 3. The summed E-state index contributed by atoms with van der Waals surface area (Å²) in [5.41, 5.74) is 4.93. The highest BCUT2D eigenvalue weighted by molar-refractivity contribution is 8.00. The molecule has 9 nitrogen and oxygen atoms in total. The first kappa shape index (κ1) is 18.5. The van der Waals surface area contributed by atoms with Crippen molar-refractivity contribution in [1.82, 2.24) is 20.1 Å². The number of nitrogens with one attached hydrogen (secondary N) is 1. The zero-order valence-electron chi connectivity index (χ0n) is 13.1. The quantitative estimate of drug-likeness (QED) is 0.530. The zero-order chi connectivity index (χ0) is 17.9. The summed E-state index contributed by atoms with van der Waals surface area (Å²) < 4.78 is 25.1. The van der Waals surface area contributed by atoms with E-state index in [-0.39, 0.29) is 17.4 Å². The van der Waals surface area contributed by atoms with E-state index in [4.69, 9.17) is 5.73 Å². The maximum atomic E-state index is 11.8. The normalized spacial score (nSPS) is 20.5. The van der Waals surface area contributed by atoms with Crippen LogP contribution in [0.3, 0.4) is 0 Å². The molecule has 0 spiro atoms. The molecule has 0 bridgehead atoms. The van der Waals surface area contributed by atoms with Gasteiger partial charge in [-0.15, -0.1) is 16.8 Å². The fourth-order valence-electron chi connectivity index (χ4n) is 2.42. The van der Waals surface area contributed by atoms with Crippen molar-refractivity contribution < 1.29 is 18.0 Å². The van der Waals surface area contributed by atoms with Crippen LogP contribution in [0.4, 0.5) is 4.79 Å². The molecule has 1 aliphatic heterocycles. The summed E-state index contributed by atoms with van der Waals surface area (Å²) >= 11 is 1.11. The standard InChI is InChI=1S/C13H19N5O4S2/c1-3-5-18-10(9-4-6-24(21,22)7-9)16-17-13(18)23-8(2)11(19)15-12(14)20/h3,8-9H,1,4-7H2,2H3,(H3,14,15,19,20)/t8-,9+/m0/s1. The summed E-state index contributed by atoms with van der Waals surface area (Å²) in [7, 11) is -3.05. The molecule has 1 aromatic rings. The number of carbonyl (C=O) groups excluding carboxylic acids is 2. The Balaban J connectivity index is 2.20. The minimum absolute atomic E-state index is 0.0463. The van der Waals surface area contributed by atoms with Crippen molar-refractivity contribution >= 4 is 33.5 Å². The zero-order valence-corrected chi connectivity index (χ0v) is 14.8. The Bertz CT molecular complexity index is 758.